The number of nitrogens with zero attached hydrogens (tertiary/aromatic N) is 1. The predicted octanol–water partition coefficient (Wildman–Crippen LogP) is 5.37. The Morgan fingerprint density at radius 3 is 1.85 bits per heavy atom. The van der Waals surface area contributed by atoms with Gasteiger partial charge in [0.2, 0.25) is 5.91 Å². The van der Waals surface area contributed by atoms with Crippen LogP contribution in [0.2, 0.25) is 0 Å². The molecule has 0 aliphatic rings. The van der Waals surface area contributed by atoms with Crippen LogP contribution in [0, 0.1) is 0 Å². The van der Waals surface area contributed by atoms with Crippen molar-refractivity contribution in [3.8, 4) is 0 Å². The predicted molar refractivity (Wildman–Crippen MR) is 114 cm³/mol. The molecule has 0 rings (SSSR count). The number of amides is 1. The van der Waals surface area contributed by atoms with E-state index in [1.807, 2.05) is 0 Å². The van der Waals surface area contributed by atoms with Gasteiger partial charge >= 0.3 is 0 Å². The fraction of sp³-hybridized carbons (Fsp3) is 0.857. The lowest BCUT2D eigenvalue weighted by Crippen LogP contribution is -2.31. The summed E-state index contributed by atoms with van der Waals surface area (Å²) in [5.41, 5.74) is 0. The number of carbonyl (C=O) groups excluding carboxylic acids is 1. The van der Waals surface area contributed by atoms with E-state index in [9.17, 15) is 13.2 Å². The zero-order chi connectivity index (χ0) is 20.4. The first-order valence-corrected chi connectivity index (χ1v) is 12.3. The molecule has 1 N–H and O–H groups in total. The molecule has 160 valence electrons. The Bertz CT molecular complexity index is 488. The lowest BCUT2D eigenvalue weighted by Gasteiger charge is -2.16. The van der Waals surface area contributed by atoms with Crippen molar-refractivity contribution in [3.05, 3.63) is 12.2 Å². The molecule has 0 aromatic rings. The van der Waals surface area contributed by atoms with Crippen LogP contribution in [-0.2, 0) is 14.9 Å². The van der Waals surface area contributed by atoms with Crippen LogP contribution in [-0.4, -0.2) is 43.1 Å². The Labute approximate surface area is 167 Å². The number of hydrogen-bond acceptors (Lipinski definition) is 3. The molecule has 0 unspecified atom stereocenters. The third-order valence-corrected chi connectivity index (χ3v) is 5.46. The minimum absolute atomic E-state index is 0.0444. The highest BCUT2D eigenvalue weighted by atomic mass is 32.2. The largest absolute Gasteiger partial charge is 0.345 e. The van der Waals surface area contributed by atoms with E-state index in [2.05, 4.69) is 19.1 Å². The molecule has 0 radical (unpaired) electrons. The molecule has 0 saturated heterocycles. The number of unbranched alkanes of at least 4 members (excludes halogenated alkanes) is 11. The van der Waals surface area contributed by atoms with E-state index in [0.29, 0.717) is 6.42 Å². The second-order valence-corrected chi connectivity index (χ2v) is 9.01. The van der Waals surface area contributed by atoms with Crippen LogP contribution in [0.4, 0.5) is 0 Å². The summed E-state index contributed by atoms with van der Waals surface area (Å²) in [6, 6.07) is 0. The summed E-state index contributed by atoms with van der Waals surface area (Å²) in [5.74, 6) is -0.460. The SMILES string of the molecule is CCCCCCCCC=CCCCCCCCC(=O)N(C)CCS(=O)(=O)O. The van der Waals surface area contributed by atoms with Gasteiger partial charge in [-0.2, -0.15) is 8.42 Å². The molecule has 0 atom stereocenters. The summed E-state index contributed by atoms with van der Waals surface area (Å²) in [4.78, 5) is 13.2. The van der Waals surface area contributed by atoms with Gasteiger partial charge < -0.3 is 4.90 Å². The van der Waals surface area contributed by atoms with Gasteiger partial charge in [-0.3, -0.25) is 9.35 Å². The standard InChI is InChI=1S/C21H41NO4S/c1-3-4-5-6-7-8-9-10-11-12-13-14-15-16-17-18-21(23)22(2)19-20-27(24,25)26/h10-11H,3-9,12-20H2,1-2H3,(H,24,25,26). The molecule has 0 aliphatic carbocycles. The summed E-state index contributed by atoms with van der Waals surface area (Å²) in [7, 11) is -2.43. The summed E-state index contributed by atoms with van der Waals surface area (Å²) < 4.78 is 30.1. The second-order valence-electron chi connectivity index (χ2n) is 7.44. The van der Waals surface area contributed by atoms with Crippen molar-refractivity contribution in [3.63, 3.8) is 0 Å². The zero-order valence-electron chi connectivity index (χ0n) is 17.5. The molecular formula is C21H41NO4S. The van der Waals surface area contributed by atoms with Gasteiger partial charge in [-0.05, 0) is 32.1 Å². The van der Waals surface area contributed by atoms with E-state index in [0.717, 1.165) is 25.7 Å². The topological polar surface area (TPSA) is 74.7 Å². The highest BCUT2D eigenvalue weighted by Crippen LogP contribution is 2.10. The lowest BCUT2D eigenvalue weighted by atomic mass is 10.1. The number of allylic oxidation sites excluding steroid dienone is 2. The van der Waals surface area contributed by atoms with Crippen molar-refractivity contribution in [2.45, 2.75) is 96.8 Å². The van der Waals surface area contributed by atoms with Crippen LogP contribution in [0.1, 0.15) is 96.8 Å². The molecule has 5 nitrogen and oxygen atoms in total. The number of carbonyl (C=O) groups is 1. The van der Waals surface area contributed by atoms with Gasteiger partial charge in [-0.15, -0.1) is 0 Å². The molecule has 0 saturated carbocycles. The maximum absolute atomic E-state index is 11.8. The van der Waals surface area contributed by atoms with E-state index in [4.69, 9.17) is 4.55 Å². The minimum atomic E-state index is -4.00. The van der Waals surface area contributed by atoms with E-state index in [1.165, 1.54) is 62.7 Å². The van der Waals surface area contributed by atoms with E-state index >= 15 is 0 Å². The fourth-order valence-corrected chi connectivity index (χ4v) is 3.42. The van der Waals surface area contributed by atoms with Crippen LogP contribution in [0.3, 0.4) is 0 Å². The molecule has 0 heterocycles. The maximum atomic E-state index is 11.8. The molecule has 0 aromatic heterocycles. The molecule has 0 aromatic carbocycles. The fourth-order valence-electron chi connectivity index (χ4n) is 2.91. The zero-order valence-corrected chi connectivity index (χ0v) is 18.3. The van der Waals surface area contributed by atoms with Crippen molar-refractivity contribution in [1.82, 2.24) is 4.90 Å². The Morgan fingerprint density at radius 1 is 0.852 bits per heavy atom. The molecule has 27 heavy (non-hydrogen) atoms. The van der Waals surface area contributed by atoms with Gasteiger partial charge in [0.25, 0.3) is 10.1 Å². The number of hydrogen-bond donors (Lipinski definition) is 1. The van der Waals surface area contributed by atoms with E-state index in [1.54, 1.807) is 7.05 Å². The maximum Gasteiger partial charge on any atom is 0.266 e. The van der Waals surface area contributed by atoms with Gasteiger partial charge in [0, 0.05) is 20.0 Å². The molecule has 6 heteroatoms. The van der Waals surface area contributed by atoms with Gasteiger partial charge in [0.05, 0.1) is 5.75 Å². The third-order valence-electron chi connectivity index (χ3n) is 4.76. The van der Waals surface area contributed by atoms with Gasteiger partial charge in [0.15, 0.2) is 0 Å². The van der Waals surface area contributed by atoms with Crippen LogP contribution in [0.15, 0.2) is 12.2 Å². The average molecular weight is 404 g/mol. The molecule has 0 fully saturated rings. The normalized spacial score (nSPS) is 12.0. The van der Waals surface area contributed by atoms with Crippen LogP contribution >= 0.6 is 0 Å². The third kappa shape index (κ3) is 19.7. The number of rotatable bonds is 18. The van der Waals surface area contributed by atoms with Crippen molar-refractivity contribution in [2.75, 3.05) is 19.3 Å². The second kappa shape index (κ2) is 17.2. The van der Waals surface area contributed by atoms with Gasteiger partial charge in [-0.25, -0.2) is 0 Å². The Hall–Kier alpha value is -0.880. The van der Waals surface area contributed by atoms with Crippen molar-refractivity contribution in [1.29, 1.82) is 0 Å². The monoisotopic (exact) mass is 403 g/mol. The summed E-state index contributed by atoms with van der Waals surface area (Å²) in [5, 5.41) is 0. The first-order chi connectivity index (χ1) is 12.9. The Morgan fingerprint density at radius 2 is 1.33 bits per heavy atom. The van der Waals surface area contributed by atoms with Crippen LogP contribution in [0.5, 0.6) is 0 Å². The molecule has 0 aliphatic heterocycles. The highest BCUT2D eigenvalue weighted by molar-refractivity contribution is 7.85. The Kier molecular flexibility index (Phi) is 16.7. The van der Waals surface area contributed by atoms with Gasteiger partial charge in [0.1, 0.15) is 0 Å². The summed E-state index contributed by atoms with van der Waals surface area (Å²) in [6.45, 7) is 2.29. The Balaban J connectivity index is 3.41. The lowest BCUT2D eigenvalue weighted by molar-refractivity contribution is -0.129. The molecule has 0 spiro atoms. The van der Waals surface area contributed by atoms with Crippen LogP contribution < -0.4 is 0 Å². The average Bonchev–Trinajstić information content (AvgIpc) is 2.62. The minimum Gasteiger partial charge on any atom is -0.345 e. The van der Waals surface area contributed by atoms with Crippen LogP contribution in [0.25, 0.3) is 0 Å². The van der Waals surface area contributed by atoms with Crippen molar-refractivity contribution >= 4 is 16.0 Å². The molecule has 0 bridgehead atoms. The van der Waals surface area contributed by atoms with E-state index in [-0.39, 0.29) is 12.5 Å². The summed E-state index contributed by atoms with van der Waals surface area (Å²) in [6.07, 6.45) is 20.9. The first-order valence-electron chi connectivity index (χ1n) is 10.7. The van der Waals surface area contributed by atoms with Crippen molar-refractivity contribution in [2.24, 2.45) is 0 Å². The summed E-state index contributed by atoms with van der Waals surface area (Å²) >= 11 is 0. The van der Waals surface area contributed by atoms with E-state index < -0.39 is 15.9 Å². The van der Waals surface area contributed by atoms with Crippen molar-refractivity contribution < 1.29 is 17.8 Å². The molecule has 1 amide bonds. The first kappa shape index (κ1) is 26.1. The smallest absolute Gasteiger partial charge is 0.266 e. The highest BCUT2D eigenvalue weighted by Gasteiger charge is 2.12. The quantitative estimate of drug-likeness (QED) is 0.190. The van der Waals surface area contributed by atoms with Gasteiger partial charge in [-0.1, -0.05) is 70.4 Å². The molecular weight excluding hydrogens is 362 g/mol.